The molecule has 3 N–H and O–H groups in total. The zero-order chi connectivity index (χ0) is 15.2. The molecule has 4 nitrogen and oxygen atoms in total. The van der Waals surface area contributed by atoms with E-state index >= 15 is 0 Å². The second-order valence-corrected chi connectivity index (χ2v) is 6.15. The molecule has 1 saturated carbocycles. The van der Waals surface area contributed by atoms with Crippen LogP contribution in [0.2, 0.25) is 0 Å². The minimum Gasteiger partial charge on any atom is -0.299 e. The Morgan fingerprint density at radius 3 is 2.57 bits per heavy atom. The van der Waals surface area contributed by atoms with E-state index < -0.39 is 0 Å². The van der Waals surface area contributed by atoms with Gasteiger partial charge in [0.05, 0.1) is 5.92 Å². The molecular weight excluding hydrogens is 262 g/mol. The quantitative estimate of drug-likeness (QED) is 0.439. The minimum absolute atomic E-state index is 0.149. The van der Waals surface area contributed by atoms with E-state index in [4.69, 9.17) is 5.84 Å². The number of hydrogen-bond donors (Lipinski definition) is 2. The minimum atomic E-state index is -0.206. The number of nitrogens with two attached hydrogens (primary N) is 1. The Morgan fingerprint density at radius 2 is 2.05 bits per heavy atom. The van der Waals surface area contributed by atoms with Gasteiger partial charge in [0.1, 0.15) is 0 Å². The van der Waals surface area contributed by atoms with Gasteiger partial charge in [0.15, 0.2) is 0 Å². The Bertz CT molecular complexity index is 454. The second-order valence-electron chi connectivity index (χ2n) is 6.15. The average molecular weight is 289 g/mol. The smallest absolute Gasteiger partial charge is 0.241 e. The molecule has 0 spiro atoms. The van der Waals surface area contributed by atoms with Crippen molar-refractivity contribution in [1.82, 2.24) is 10.3 Å². The molecule has 0 aromatic heterocycles. The molecule has 1 atom stereocenters. The van der Waals surface area contributed by atoms with Crippen LogP contribution in [0.15, 0.2) is 24.3 Å². The van der Waals surface area contributed by atoms with Crippen LogP contribution >= 0.6 is 0 Å². The van der Waals surface area contributed by atoms with Gasteiger partial charge in [-0.15, -0.1) is 0 Å². The summed E-state index contributed by atoms with van der Waals surface area (Å²) in [5.41, 5.74) is 4.53. The molecule has 1 fully saturated rings. The molecule has 1 aliphatic rings. The Morgan fingerprint density at radius 1 is 1.38 bits per heavy atom. The van der Waals surface area contributed by atoms with Crippen molar-refractivity contribution in [3.05, 3.63) is 35.4 Å². The van der Waals surface area contributed by atoms with Crippen molar-refractivity contribution in [2.45, 2.75) is 45.6 Å². The molecule has 1 aliphatic carbocycles. The molecule has 2 rings (SSSR count). The molecule has 21 heavy (non-hydrogen) atoms. The highest BCUT2D eigenvalue weighted by Crippen LogP contribution is 2.30. The highest BCUT2D eigenvalue weighted by atomic mass is 16.2. The standard InChI is InChI=1S/C17H27N3O/c1-3-10-20(11-14-4-5-14)12-15-6-8-16(9-7-15)13(2)17(21)19-18/h6-9,13-14H,3-5,10-12,18H2,1-2H3,(H,19,21). The maximum Gasteiger partial charge on any atom is 0.241 e. The number of rotatable bonds is 8. The first-order chi connectivity index (χ1) is 10.1. The fourth-order valence-electron chi connectivity index (χ4n) is 2.66. The summed E-state index contributed by atoms with van der Waals surface area (Å²) >= 11 is 0. The van der Waals surface area contributed by atoms with Crippen LogP contribution < -0.4 is 11.3 Å². The van der Waals surface area contributed by atoms with Crippen molar-refractivity contribution < 1.29 is 4.79 Å². The molecule has 0 bridgehead atoms. The molecule has 1 aromatic carbocycles. The fraction of sp³-hybridized carbons (Fsp3) is 0.588. The lowest BCUT2D eigenvalue weighted by molar-refractivity contribution is -0.122. The van der Waals surface area contributed by atoms with Crippen molar-refractivity contribution in [1.29, 1.82) is 0 Å². The summed E-state index contributed by atoms with van der Waals surface area (Å²) in [6, 6.07) is 8.34. The van der Waals surface area contributed by atoms with Gasteiger partial charge in [-0.05, 0) is 49.8 Å². The SMILES string of the molecule is CCCN(Cc1ccc(C(C)C(=O)NN)cc1)CC1CC1. The monoisotopic (exact) mass is 289 g/mol. The third kappa shape index (κ3) is 4.83. The van der Waals surface area contributed by atoms with Crippen LogP contribution in [-0.4, -0.2) is 23.9 Å². The maximum atomic E-state index is 11.5. The second kappa shape index (κ2) is 7.57. The first-order valence-corrected chi connectivity index (χ1v) is 7.95. The molecule has 1 unspecified atom stereocenters. The normalized spacial score (nSPS) is 16.0. The van der Waals surface area contributed by atoms with Gasteiger partial charge in [0, 0.05) is 13.1 Å². The molecular formula is C17H27N3O. The number of hydrazine groups is 1. The van der Waals surface area contributed by atoms with Gasteiger partial charge in [-0.3, -0.25) is 15.1 Å². The van der Waals surface area contributed by atoms with Gasteiger partial charge >= 0.3 is 0 Å². The van der Waals surface area contributed by atoms with Crippen LogP contribution in [-0.2, 0) is 11.3 Å². The lowest BCUT2D eigenvalue weighted by Gasteiger charge is -2.22. The Balaban J connectivity index is 1.95. The van der Waals surface area contributed by atoms with E-state index in [1.807, 2.05) is 19.1 Å². The number of nitrogens with one attached hydrogen (secondary N) is 1. The fourth-order valence-corrected chi connectivity index (χ4v) is 2.66. The number of nitrogens with zero attached hydrogens (tertiary/aromatic N) is 1. The van der Waals surface area contributed by atoms with Gasteiger partial charge in [-0.25, -0.2) is 5.84 Å². The molecule has 0 aliphatic heterocycles. The van der Waals surface area contributed by atoms with E-state index in [9.17, 15) is 4.79 Å². The topological polar surface area (TPSA) is 58.4 Å². The van der Waals surface area contributed by atoms with E-state index in [0.717, 1.165) is 24.6 Å². The van der Waals surface area contributed by atoms with Gasteiger partial charge < -0.3 is 0 Å². The third-order valence-electron chi connectivity index (χ3n) is 4.17. The predicted octanol–water partition coefficient (Wildman–Crippen LogP) is 2.40. The number of carbonyl (C=O) groups is 1. The largest absolute Gasteiger partial charge is 0.299 e. The first-order valence-electron chi connectivity index (χ1n) is 7.95. The summed E-state index contributed by atoms with van der Waals surface area (Å²) < 4.78 is 0. The summed E-state index contributed by atoms with van der Waals surface area (Å²) in [5, 5.41) is 0. The molecule has 4 heteroatoms. The average Bonchev–Trinajstić information content (AvgIpc) is 3.30. The van der Waals surface area contributed by atoms with Crippen LogP contribution in [0, 0.1) is 5.92 Å². The van der Waals surface area contributed by atoms with Gasteiger partial charge in [-0.2, -0.15) is 0 Å². The molecule has 1 aromatic rings. The Hall–Kier alpha value is -1.39. The summed E-state index contributed by atoms with van der Waals surface area (Å²) in [4.78, 5) is 14.1. The summed E-state index contributed by atoms with van der Waals surface area (Å²) in [7, 11) is 0. The van der Waals surface area contributed by atoms with E-state index in [1.165, 1.54) is 31.4 Å². The zero-order valence-electron chi connectivity index (χ0n) is 13.1. The van der Waals surface area contributed by atoms with E-state index in [1.54, 1.807) is 0 Å². The van der Waals surface area contributed by atoms with Crippen molar-refractivity contribution in [3.63, 3.8) is 0 Å². The zero-order valence-corrected chi connectivity index (χ0v) is 13.1. The highest BCUT2D eigenvalue weighted by Gasteiger charge is 2.24. The lowest BCUT2D eigenvalue weighted by Crippen LogP contribution is -2.33. The van der Waals surface area contributed by atoms with Crippen LogP contribution in [0.3, 0.4) is 0 Å². The highest BCUT2D eigenvalue weighted by molar-refractivity contribution is 5.82. The molecule has 0 radical (unpaired) electrons. The van der Waals surface area contributed by atoms with Crippen LogP contribution in [0.25, 0.3) is 0 Å². The Labute approximate surface area is 127 Å². The van der Waals surface area contributed by atoms with Crippen molar-refractivity contribution in [2.24, 2.45) is 11.8 Å². The number of carbonyl (C=O) groups excluding carboxylic acids is 1. The number of benzene rings is 1. The molecule has 0 heterocycles. The summed E-state index contributed by atoms with van der Waals surface area (Å²) in [6.45, 7) is 7.48. The van der Waals surface area contributed by atoms with Crippen LogP contribution in [0.4, 0.5) is 0 Å². The first kappa shape index (κ1) is 16.0. The van der Waals surface area contributed by atoms with E-state index in [0.29, 0.717) is 0 Å². The van der Waals surface area contributed by atoms with Crippen LogP contribution in [0.5, 0.6) is 0 Å². The number of amides is 1. The van der Waals surface area contributed by atoms with E-state index in [-0.39, 0.29) is 11.8 Å². The summed E-state index contributed by atoms with van der Waals surface area (Å²) in [6.07, 6.45) is 3.98. The van der Waals surface area contributed by atoms with Gasteiger partial charge in [-0.1, -0.05) is 31.2 Å². The van der Waals surface area contributed by atoms with Crippen molar-refractivity contribution >= 4 is 5.91 Å². The maximum absolute atomic E-state index is 11.5. The molecule has 0 saturated heterocycles. The van der Waals surface area contributed by atoms with Crippen molar-refractivity contribution in [3.8, 4) is 0 Å². The third-order valence-corrected chi connectivity index (χ3v) is 4.17. The lowest BCUT2D eigenvalue weighted by atomic mass is 9.99. The summed E-state index contributed by atoms with van der Waals surface area (Å²) in [5.74, 6) is 5.75. The predicted molar refractivity (Wildman–Crippen MR) is 85.5 cm³/mol. The number of hydrogen-bond acceptors (Lipinski definition) is 3. The van der Waals surface area contributed by atoms with Crippen molar-refractivity contribution in [2.75, 3.05) is 13.1 Å². The van der Waals surface area contributed by atoms with Gasteiger partial charge in [0.25, 0.3) is 0 Å². The Kier molecular flexibility index (Phi) is 5.76. The van der Waals surface area contributed by atoms with Gasteiger partial charge in [0.2, 0.25) is 5.91 Å². The van der Waals surface area contributed by atoms with Crippen LogP contribution in [0.1, 0.15) is 50.2 Å². The van der Waals surface area contributed by atoms with E-state index in [2.05, 4.69) is 29.4 Å². The molecule has 1 amide bonds. The molecule has 116 valence electrons.